The van der Waals surface area contributed by atoms with Crippen LogP contribution >= 0.6 is 0 Å². The van der Waals surface area contributed by atoms with Gasteiger partial charge in [0.1, 0.15) is 0 Å². The van der Waals surface area contributed by atoms with Crippen molar-refractivity contribution >= 4 is 6.01 Å². The molecule has 0 radical (unpaired) electrons. The van der Waals surface area contributed by atoms with E-state index in [0.717, 1.165) is 11.3 Å². The number of nitrogens with zero attached hydrogens (tertiary/aromatic N) is 2. The van der Waals surface area contributed by atoms with Gasteiger partial charge in [0, 0.05) is 20.5 Å². The minimum atomic E-state index is -0.310. The molecule has 0 aliphatic carbocycles. The topological polar surface area (TPSA) is 46.3 Å². The van der Waals surface area contributed by atoms with Crippen molar-refractivity contribution in [3.63, 3.8) is 0 Å². The Balaban J connectivity index is 2.38. The fraction of sp³-hybridized carbons (Fsp3) is 0.286. The third-order valence-electron chi connectivity index (χ3n) is 2.74. The number of benzene rings is 1. The molecule has 2 aromatic rings. The van der Waals surface area contributed by atoms with Gasteiger partial charge in [-0.25, -0.2) is 9.78 Å². The molecule has 0 fully saturated rings. The number of aryl methyl sites for hydroxylation is 1. The maximum atomic E-state index is 11.9. The first-order valence-electron chi connectivity index (χ1n) is 5.80. The molecule has 0 N–H and O–H groups in total. The summed E-state index contributed by atoms with van der Waals surface area (Å²) in [4.78, 5) is 17.9. The molecule has 1 aromatic carbocycles. The lowest BCUT2D eigenvalue weighted by Crippen LogP contribution is -2.18. The molecule has 94 valence electrons. The number of hydrogen-bond acceptors (Lipinski definition) is 4. The number of hydrogen-bond donors (Lipinski definition) is 0. The molecule has 0 bridgehead atoms. The first-order chi connectivity index (χ1) is 8.58. The van der Waals surface area contributed by atoms with Crippen LogP contribution in [0.3, 0.4) is 0 Å². The molecule has 0 saturated carbocycles. The van der Waals surface area contributed by atoms with Crippen LogP contribution in [-0.2, 0) is 6.42 Å². The Kier molecular flexibility index (Phi) is 3.46. The third kappa shape index (κ3) is 2.59. The van der Waals surface area contributed by atoms with E-state index in [1.165, 1.54) is 0 Å². The molecule has 18 heavy (non-hydrogen) atoms. The Morgan fingerprint density at radius 1 is 1.22 bits per heavy atom. The van der Waals surface area contributed by atoms with E-state index >= 15 is 0 Å². The lowest BCUT2D eigenvalue weighted by atomic mass is 10.1. The SMILES string of the molecule is Cc1nc(N(C)C)oc(=O)c1Cc1ccccc1. The zero-order valence-electron chi connectivity index (χ0n) is 10.8. The van der Waals surface area contributed by atoms with Gasteiger partial charge in [0.15, 0.2) is 0 Å². The molecule has 2 rings (SSSR count). The minimum Gasteiger partial charge on any atom is -0.389 e. The molecule has 4 heteroatoms. The quantitative estimate of drug-likeness (QED) is 0.828. The van der Waals surface area contributed by atoms with Gasteiger partial charge in [-0.1, -0.05) is 30.3 Å². The summed E-state index contributed by atoms with van der Waals surface area (Å²) in [5, 5.41) is 0. The van der Waals surface area contributed by atoms with Crippen molar-refractivity contribution in [1.29, 1.82) is 0 Å². The van der Waals surface area contributed by atoms with Gasteiger partial charge in [-0.2, -0.15) is 0 Å². The number of anilines is 1. The van der Waals surface area contributed by atoms with Crippen molar-refractivity contribution in [1.82, 2.24) is 4.98 Å². The van der Waals surface area contributed by atoms with Crippen LogP contribution in [0.25, 0.3) is 0 Å². The van der Waals surface area contributed by atoms with E-state index in [2.05, 4.69) is 4.98 Å². The summed E-state index contributed by atoms with van der Waals surface area (Å²) >= 11 is 0. The van der Waals surface area contributed by atoms with E-state index in [9.17, 15) is 4.79 Å². The Bertz CT molecular complexity index is 588. The van der Waals surface area contributed by atoms with Gasteiger partial charge >= 0.3 is 5.63 Å². The van der Waals surface area contributed by atoms with Crippen LogP contribution in [0.1, 0.15) is 16.8 Å². The summed E-state index contributed by atoms with van der Waals surface area (Å²) in [5.41, 5.74) is 2.10. The summed E-state index contributed by atoms with van der Waals surface area (Å²) in [6.07, 6.45) is 0.551. The Hall–Kier alpha value is -2.10. The maximum Gasteiger partial charge on any atom is 0.343 e. The van der Waals surface area contributed by atoms with E-state index in [0.29, 0.717) is 18.0 Å². The first-order valence-corrected chi connectivity index (χ1v) is 5.80. The summed E-state index contributed by atoms with van der Waals surface area (Å²) < 4.78 is 5.18. The van der Waals surface area contributed by atoms with E-state index < -0.39 is 0 Å². The van der Waals surface area contributed by atoms with E-state index in [1.54, 1.807) is 19.0 Å². The van der Waals surface area contributed by atoms with Gasteiger partial charge in [-0.05, 0) is 12.5 Å². The molecule has 1 aromatic heterocycles. The number of rotatable bonds is 3. The zero-order valence-corrected chi connectivity index (χ0v) is 10.8. The highest BCUT2D eigenvalue weighted by atomic mass is 16.4. The van der Waals surface area contributed by atoms with E-state index in [-0.39, 0.29) is 5.63 Å². The zero-order chi connectivity index (χ0) is 13.1. The van der Waals surface area contributed by atoms with Gasteiger partial charge in [-0.3, -0.25) is 0 Å². The second-order valence-electron chi connectivity index (χ2n) is 4.40. The van der Waals surface area contributed by atoms with E-state index in [4.69, 9.17) is 4.42 Å². The van der Waals surface area contributed by atoms with Crippen molar-refractivity contribution in [2.75, 3.05) is 19.0 Å². The fourth-order valence-electron chi connectivity index (χ4n) is 1.72. The van der Waals surface area contributed by atoms with Crippen molar-refractivity contribution in [2.45, 2.75) is 13.3 Å². The second-order valence-corrected chi connectivity index (χ2v) is 4.40. The third-order valence-corrected chi connectivity index (χ3v) is 2.74. The average Bonchev–Trinajstić information content (AvgIpc) is 2.34. The Morgan fingerprint density at radius 2 is 1.89 bits per heavy atom. The lowest BCUT2D eigenvalue weighted by Gasteiger charge is -2.11. The summed E-state index contributed by atoms with van der Waals surface area (Å²) in [7, 11) is 3.59. The van der Waals surface area contributed by atoms with Gasteiger partial charge in [-0.15, -0.1) is 0 Å². The summed E-state index contributed by atoms with van der Waals surface area (Å²) in [6, 6.07) is 10.2. The average molecular weight is 244 g/mol. The number of aromatic nitrogens is 1. The Labute approximate surface area is 106 Å². The van der Waals surface area contributed by atoms with E-state index in [1.807, 2.05) is 37.3 Å². The van der Waals surface area contributed by atoms with Crippen molar-refractivity contribution in [2.24, 2.45) is 0 Å². The van der Waals surface area contributed by atoms with Gasteiger partial charge in [0.25, 0.3) is 6.01 Å². The summed E-state index contributed by atoms with van der Waals surface area (Å²) in [6.45, 7) is 1.84. The van der Waals surface area contributed by atoms with Crippen LogP contribution in [-0.4, -0.2) is 19.1 Å². The highest BCUT2D eigenvalue weighted by Crippen LogP contribution is 2.12. The molecule has 1 heterocycles. The van der Waals surface area contributed by atoms with Crippen LogP contribution in [0.15, 0.2) is 39.5 Å². The van der Waals surface area contributed by atoms with Crippen molar-refractivity contribution in [3.8, 4) is 0 Å². The largest absolute Gasteiger partial charge is 0.389 e. The predicted molar refractivity (Wildman–Crippen MR) is 71.1 cm³/mol. The molecular formula is C14H16N2O2. The molecule has 0 amide bonds. The lowest BCUT2D eigenvalue weighted by molar-refractivity contribution is 0.481. The highest BCUT2D eigenvalue weighted by Gasteiger charge is 2.11. The molecule has 0 atom stereocenters. The molecule has 4 nitrogen and oxygen atoms in total. The van der Waals surface area contributed by atoms with Gasteiger partial charge in [0.05, 0.1) is 11.3 Å². The standard InChI is InChI=1S/C14H16N2O2/c1-10-12(9-11-7-5-4-6-8-11)13(17)18-14(15-10)16(2)3/h4-8H,9H2,1-3H3. The second kappa shape index (κ2) is 5.04. The normalized spacial score (nSPS) is 10.4. The molecular weight excluding hydrogens is 228 g/mol. The summed E-state index contributed by atoms with van der Waals surface area (Å²) in [5.74, 6) is 0. The van der Waals surface area contributed by atoms with Crippen LogP contribution in [0.5, 0.6) is 0 Å². The molecule has 0 aliphatic heterocycles. The van der Waals surface area contributed by atoms with Crippen LogP contribution in [0.2, 0.25) is 0 Å². The van der Waals surface area contributed by atoms with Gasteiger partial charge in [0.2, 0.25) is 0 Å². The van der Waals surface area contributed by atoms with Crippen LogP contribution in [0, 0.1) is 6.92 Å². The predicted octanol–water partition coefficient (Wildman–Crippen LogP) is 2.00. The van der Waals surface area contributed by atoms with Crippen LogP contribution in [0.4, 0.5) is 6.01 Å². The molecule has 0 unspecified atom stereocenters. The fourth-order valence-corrected chi connectivity index (χ4v) is 1.72. The molecule has 0 saturated heterocycles. The van der Waals surface area contributed by atoms with Crippen molar-refractivity contribution < 1.29 is 4.42 Å². The monoisotopic (exact) mass is 244 g/mol. The van der Waals surface area contributed by atoms with Crippen LogP contribution < -0.4 is 10.5 Å². The van der Waals surface area contributed by atoms with Crippen molar-refractivity contribution in [3.05, 3.63) is 57.6 Å². The molecule has 0 aliphatic rings. The van der Waals surface area contributed by atoms with Gasteiger partial charge < -0.3 is 9.32 Å². The maximum absolute atomic E-state index is 11.9. The first kappa shape index (κ1) is 12.4. The molecule has 0 spiro atoms. The Morgan fingerprint density at radius 3 is 2.44 bits per heavy atom. The smallest absolute Gasteiger partial charge is 0.343 e. The highest BCUT2D eigenvalue weighted by molar-refractivity contribution is 5.30. The minimum absolute atomic E-state index is 0.310.